The Morgan fingerprint density at radius 3 is 2.32 bits per heavy atom. The van der Waals surface area contributed by atoms with Crippen LogP contribution in [0.4, 0.5) is 11.4 Å². The van der Waals surface area contributed by atoms with E-state index in [9.17, 15) is 4.79 Å². The third-order valence-electron chi connectivity index (χ3n) is 3.19. The first-order valence-corrected chi connectivity index (χ1v) is 7.53. The highest BCUT2D eigenvalue weighted by Gasteiger charge is 2.08. The van der Waals surface area contributed by atoms with Gasteiger partial charge in [0.15, 0.2) is 0 Å². The Hall–Kier alpha value is -2.36. The van der Waals surface area contributed by atoms with Crippen molar-refractivity contribution < 1.29 is 4.79 Å². The first kappa shape index (κ1) is 16.0. The molecule has 0 unspecified atom stereocenters. The SMILES string of the molecule is Cc1cc(C)cc(NC(=O)c2ccc(NCC(C)C)cn2)c1. The first-order chi connectivity index (χ1) is 10.4. The van der Waals surface area contributed by atoms with Crippen molar-refractivity contribution >= 4 is 17.3 Å². The second-order valence-corrected chi connectivity index (χ2v) is 6.04. The van der Waals surface area contributed by atoms with Crippen LogP contribution in [0.15, 0.2) is 36.5 Å². The molecule has 1 amide bonds. The van der Waals surface area contributed by atoms with E-state index >= 15 is 0 Å². The summed E-state index contributed by atoms with van der Waals surface area (Å²) in [5, 5.41) is 6.17. The number of hydrogen-bond donors (Lipinski definition) is 2. The van der Waals surface area contributed by atoms with Gasteiger partial charge in [-0.2, -0.15) is 0 Å². The van der Waals surface area contributed by atoms with Crippen molar-refractivity contribution in [2.75, 3.05) is 17.2 Å². The number of carbonyl (C=O) groups is 1. The fourth-order valence-corrected chi connectivity index (χ4v) is 2.20. The van der Waals surface area contributed by atoms with Gasteiger partial charge in [-0.1, -0.05) is 19.9 Å². The van der Waals surface area contributed by atoms with Crippen LogP contribution in [0, 0.1) is 19.8 Å². The summed E-state index contributed by atoms with van der Waals surface area (Å²) in [5.74, 6) is 0.368. The van der Waals surface area contributed by atoms with Gasteiger partial charge in [-0.25, -0.2) is 4.98 Å². The lowest BCUT2D eigenvalue weighted by atomic mass is 10.1. The zero-order chi connectivity index (χ0) is 16.1. The van der Waals surface area contributed by atoms with E-state index < -0.39 is 0 Å². The highest BCUT2D eigenvalue weighted by atomic mass is 16.1. The summed E-state index contributed by atoms with van der Waals surface area (Å²) in [6.45, 7) is 9.19. The van der Waals surface area contributed by atoms with Crippen molar-refractivity contribution in [1.29, 1.82) is 0 Å². The van der Waals surface area contributed by atoms with Gasteiger partial charge in [-0.15, -0.1) is 0 Å². The van der Waals surface area contributed by atoms with Crippen LogP contribution < -0.4 is 10.6 Å². The van der Waals surface area contributed by atoms with Crippen LogP contribution in [0.5, 0.6) is 0 Å². The third kappa shape index (κ3) is 4.58. The van der Waals surface area contributed by atoms with Crippen LogP contribution in [0.1, 0.15) is 35.5 Å². The van der Waals surface area contributed by atoms with Gasteiger partial charge in [-0.05, 0) is 55.2 Å². The average molecular weight is 297 g/mol. The Labute approximate surface area is 132 Å². The molecule has 0 bridgehead atoms. The van der Waals surface area contributed by atoms with Crippen LogP contribution in [-0.2, 0) is 0 Å². The predicted molar refractivity (Wildman–Crippen MR) is 91.4 cm³/mol. The average Bonchev–Trinajstić information content (AvgIpc) is 2.44. The monoisotopic (exact) mass is 297 g/mol. The third-order valence-corrected chi connectivity index (χ3v) is 3.19. The largest absolute Gasteiger partial charge is 0.384 e. The summed E-state index contributed by atoms with van der Waals surface area (Å²) in [6.07, 6.45) is 1.69. The van der Waals surface area contributed by atoms with E-state index in [1.54, 1.807) is 12.3 Å². The molecule has 116 valence electrons. The zero-order valence-electron chi connectivity index (χ0n) is 13.6. The summed E-state index contributed by atoms with van der Waals surface area (Å²) in [5.41, 5.74) is 4.38. The molecule has 0 fully saturated rings. The molecular weight excluding hydrogens is 274 g/mol. The molecule has 2 aromatic rings. The number of aromatic nitrogens is 1. The van der Waals surface area contributed by atoms with E-state index in [0.29, 0.717) is 11.6 Å². The number of nitrogens with zero attached hydrogens (tertiary/aromatic N) is 1. The lowest BCUT2D eigenvalue weighted by Crippen LogP contribution is -2.14. The van der Waals surface area contributed by atoms with E-state index in [0.717, 1.165) is 29.0 Å². The molecular formula is C18H23N3O. The quantitative estimate of drug-likeness (QED) is 0.876. The molecule has 0 saturated heterocycles. The van der Waals surface area contributed by atoms with Crippen LogP contribution >= 0.6 is 0 Å². The van der Waals surface area contributed by atoms with Gasteiger partial charge in [-0.3, -0.25) is 4.79 Å². The van der Waals surface area contributed by atoms with Gasteiger partial charge >= 0.3 is 0 Å². The fraction of sp³-hybridized carbons (Fsp3) is 0.333. The Morgan fingerprint density at radius 1 is 1.09 bits per heavy atom. The van der Waals surface area contributed by atoms with E-state index in [-0.39, 0.29) is 5.91 Å². The molecule has 0 saturated carbocycles. The second-order valence-electron chi connectivity index (χ2n) is 6.04. The fourth-order valence-electron chi connectivity index (χ4n) is 2.20. The molecule has 0 aliphatic heterocycles. The Kier molecular flexibility index (Phi) is 5.15. The number of pyridine rings is 1. The van der Waals surface area contributed by atoms with E-state index in [1.807, 2.05) is 32.0 Å². The standard InChI is InChI=1S/C18H23N3O/c1-12(2)10-19-15-5-6-17(20-11-15)18(22)21-16-8-13(3)7-14(4)9-16/h5-9,11-12,19H,10H2,1-4H3,(H,21,22). The first-order valence-electron chi connectivity index (χ1n) is 7.53. The number of anilines is 2. The summed E-state index contributed by atoms with van der Waals surface area (Å²) in [6, 6.07) is 9.59. The molecule has 1 heterocycles. The van der Waals surface area contributed by atoms with Crippen molar-refractivity contribution in [1.82, 2.24) is 4.98 Å². The number of nitrogens with one attached hydrogen (secondary N) is 2. The van der Waals surface area contributed by atoms with Crippen LogP contribution in [0.2, 0.25) is 0 Å². The number of amides is 1. The summed E-state index contributed by atoms with van der Waals surface area (Å²) >= 11 is 0. The minimum Gasteiger partial charge on any atom is -0.384 e. The smallest absolute Gasteiger partial charge is 0.274 e. The topological polar surface area (TPSA) is 54.0 Å². The van der Waals surface area contributed by atoms with Gasteiger partial charge < -0.3 is 10.6 Å². The van der Waals surface area contributed by atoms with Gasteiger partial charge in [0.25, 0.3) is 5.91 Å². The lowest BCUT2D eigenvalue weighted by molar-refractivity contribution is 0.102. The summed E-state index contributed by atoms with van der Waals surface area (Å²) in [7, 11) is 0. The molecule has 2 N–H and O–H groups in total. The van der Waals surface area contributed by atoms with E-state index in [4.69, 9.17) is 0 Å². The molecule has 0 aliphatic carbocycles. The molecule has 0 aliphatic rings. The van der Waals surface area contributed by atoms with E-state index in [1.165, 1.54) is 0 Å². The van der Waals surface area contributed by atoms with Crippen LogP contribution in [0.3, 0.4) is 0 Å². The Bertz CT molecular complexity index is 628. The molecule has 22 heavy (non-hydrogen) atoms. The zero-order valence-corrected chi connectivity index (χ0v) is 13.6. The Morgan fingerprint density at radius 2 is 1.77 bits per heavy atom. The van der Waals surface area contributed by atoms with Crippen molar-refractivity contribution in [2.45, 2.75) is 27.7 Å². The van der Waals surface area contributed by atoms with Gasteiger partial charge in [0, 0.05) is 12.2 Å². The molecule has 0 atom stereocenters. The van der Waals surface area contributed by atoms with Gasteiger partial charge in [0.2, 0.25) is 0 Å². The number of aryl methyl sites for hydroxylation is 2. The molecule has 1 aromatic carbocycles. The highest BCUT2D eigenvalue weighted by molar-refractivity contribution is 6.03. The maximum absolute atomic E-state index is 12.2. The molecule has 2 rings (SSSR count). The number of hydrogen-bond acceptors (Lipinski definition) is 3. The maximum Gasteiger partial charge on any atom is 0.274 e. The van der Waals surface area contributed by atoms with Crippen molar-refractivity contribution in [3.63, 3.8) is 0 Å². The van der Waals surface area contributed by atoms with Crippen LogP contribution in [-0.4, -0.2) is 17.4 Å². The normalized spacial score (nSPS) is 10.6. The van der Waals surface area contributed by atoms with E-state index in [2.05, 4.69) is 35.5 Å². The predicted octanol–water partition coefficient (Wildman–Crippen LogP) is 4.02. The molecule has 1 aromatic heterocycles. The molecule has 0 radical (unpaired) electrons. The minimum atomic E-state index is -0.194. The summed E-state index contributed by atoms with van der Waals surface area (Å²) in [4.78, 5) is 16.4. The second kappa shape index (κ2) is 7.07. The summed E-state index contributed by atoms with van der Waals surface area (Å²) < 4.78 is 0. The van der Waals surface area contributed by atoms with Crippen molar-refractivity contribution in [3.8, 4) is 0 Å². The maximum atomic E-state index is 12.2. The van der Waals surface area contributed by atoms with Crippen molar-refractivity contribution in [2.24, 2.45) is 5.92 Å². The molecule has 4 heteroatoms. The molecule has 0 spiro atoms. The Balaban J connectivity index is 2.03. The number of carbonyl (C=O) groups excluding carboxylic acids is 1. The van der Waals surface area contributed by atoms with Crippen molar-refractivity contribution in [3.05, 3.63) is 53.3 Å². The van der Waals surface area contributed by atoms with Gasteiger partial charge in [0.05, 0.1) is 11.9 Å². The minimum absolute atomic E-state index is 0.194. The number of rotatable bonds is 5. The lowest BCUT2D eigenvalue weighted by Gasteiger charge is -2.10. The molecule has 4 nitrogen and oxygen atoms in total. The van der Waals surface area contributed by atoms with Crippen LogP contribution in [0.25, 0.3) is 0 Å². The van der Waals surface area contributed by atoms with Gasteiger partial charge in [0.1, 0.15) is 5.69 Å². The highest BCUT2D eigenvalue weighted by Crippen LogP contribution is 2.15. The number of benzene rings is 1.